The van der Waals surface area contributed by atoms with Gasteiger partial charge in [0.2, 0.25) is 5.95 Å². The smallest absolute Gasteiger partial charge is 0.226 e. The summed E-state index contributed by atoms with van der Waals surface area (Å²) >= 11 is 6.05. The van der Waals surface area contributed by atoms with Crippen LogP contribution in [0.3, 0.4) is 0 Å². The molecule has 5 rings (SSSR count). The van der Waals surface area contributed by atoms with Gasteiger partial charge in [0.05, 0.1) is 0 Å². The van der Waals surface area contributed by atoms with Crippen molar-refractivity contribution in [1.82, 2.24) is 14.8 Å². The van der Waals surface area contributed by atoms with Crippen LogP contribution in [0.25, 0.3) is 0 Å². The Kier molecular flexibility index (Phi) is 3.94. The first kappa shape index (κ1) is 17.0. The molecule has 2 aromatic carbocycles. The minimum absolute atomic E-state index is 0.0445. The monoisotopic (exact) mass is 392 g/mol. The number of rotatable bonds is 2. The summed E-state index contributed by atoms with van der Waals surface area (Å²) in [5, 5.41) is 18.5. The van der Waals surface area contributed by atoms with E-state index in [1.165, 1.54) is 6.33 Å². The van der Waals surface area contributed by atoms with E-state index in [-0.39, 0.29) is 23.5 Å². The topological polar surface area (TPSA) is 80.0 Å². The summed E-state index contributed by atoms with van der Waals surface area (Å²) < 4.78 is 1.74. The molecule has 0 saturated heterocycles. The number of hydrogen-bond donors (Lipinski definition) is 2. The minimum Gasteiger partial charge on any atom is -0.508 e. The number of phenolic OH excluding ortho intramolecular Hbond substituents is 1. The lowest BCUT2D eigenvalue weighted by Gasteiger charge is -2.35. The standard InChI is InChI=1S/C21H17ClN4O2/c22-14-7-5-12(6-8-14)20-19-16(25-21-23-11-24-26(20)21)9-13(10-18(19)28)15-3-1-2-4-17(15)27/h1-8,11,13,20,27H,9-10H2,(H,23,24,25)/t13-,20+/m1/s1. The normalized spacial score (nSPS) is 21.1. The molecule has 2 N–H and O–H groups in total. The highest BCUT2D eigenvalue weighted by Crippen LogP contribution is 2.45. The van der Waals surface area contributed by atoms with Crippen LogP contribution in [-0.4, -0.2) is 25.7 Å². The number of aromatic hydroxyl groups is 1. The highest BCUT2D eigenvalue weighted by Gasteiger charge is 2.39. The van der Waals surface area contributed by atoms with Gasteiger partial charge in [0.15, 0.2) is 5.78 Å². The molecule has 0 spiro atoms. The SMILES string of the molecule is O=C1C[C@H](c2ccccc2O)CC2=C1[C@H](c1ccc(Cl)cc1)n1ncnc1N2. The van der Waals surface area contributed by atoms with Crippen LogP contribution in [0.2, 0.25) is 5.02 Å². The molecule has 1 aliphatic heterocycles. The molecule has 7 heteroatoms. The molecule has 0 bridgehead atoms. The van der Waals surface area contributed by atoms with Crippen molar-refractivity contribution < 1.29 is 9.90 Å². The fourth-order valence-corrected chi connectivity index (χ4v) is 4.28. The van der Waals surface area contributed by atoms with Gasteiger partial charge in [-0.3, -0.25) is 4.79 Å². The summed E-state index contributed by atoms with van der Waals surface area (Å²) in [5.74, 6) is 0.783. The lowest BCUT2D eigenvalue weighted by Crippen LogP contribution is -2.33. The molecule has 0 amide bonds. The van der Waals surface area contributed by atoms with E-state index in [4.69, 9.17) is 11.6 Å². The van der Waals surface area contributed by atoms with Gasteiger partial charge in [-0.25, -0.2) is 4.68 Å². The average molecular weight is 393 g/mol. The third kappa shape index (κ3) is 2.68. The molecule has 2 aliphatic rings. The van der Waals surface area contributed by atoms with Crippen molar-refractivity contribution in [1.29, 1.82) is 0 Å². The van der Waals surface area contributed by atoms with Crippen LogP contribution in [0.1, 0.15) is 35.9 Å². The fraction of sp³-hybridized carbons (Fsp3) is 0.190. The number of nitrogens with zero attached hydrogens (tertiary/aromatic N) is 3. The average Bonchev–Trinajstić information content (AvgIpc) is 3.15. The number of ketones is 1. The first-order valence-corrected chi connectivity index (χ1v) is 9.45. The predicted octanol–water partition coefficient (Wildman–Crippen LogP) is 4.05. The number of Topliss-reactive ketones (excluding diaryl/α,β-unsaturated/α-hetero) is 1. The number of para-hydroxylation sites is 1. The van der Waals surface area contributed by atoms with Crippen molar-refractivity contribution in [3.8, 4) is 5.75 Å². The van der Waals surface area contributed by atoms with Crippen molar-refractivity contribution in [2.24, 2.45) is 0 Å². The third-order valence-corrected chi connectivity index (χ3v) is 5.68. The molecular formula is C21H17ClN4O2. The number of anilines is 1. The zero-order valence-corrected chi connectivity index (χ0v) is 15.6. The largest absolute Gasteiger partial charge is 0.508 e. The van der Waals surface area contributed by atoms with Crippen LogP contribution in [0.5, 0.6) is 5.75 Å². The van der Waals surface area contributed by atoms with Crippen LogP contribution >= 0.6 is 11.6 Å². The number of nitrogens with one attached hydrogen (secondary N) is 1. The van der Waals surface area contributed by atoms with Gasteiger partial charge in [0.25, 0.3) is 0 Å². The van der Waals surface area contributed by atoms with Gasteiger partial charge in [-0.05, 0) is 35.7 Å². The molecular weight excluding hydrogens is 376 g/mol. The Morgan fingerprint density at radius 1 is 1.11 bits per heavy atom. The van der Waals surface area contributed by atoms with Gasteiger partial charge >= 0.3 is 0 Å². The van der Waals surface area contributed by atoms with Crippen molar-refractivity contribution in [2.45, 2.75) is 24.8 Å². The number of allylic oxidation sites excluding steroid dienone is 2. The second-order valence-corrected chi connectivity index (χ2v) is 7.52. The van der Waals surface area contributed by atoms with Crippen molar-refractivity contribution >= 4 is 23.3 Å². The number of halogens is 1. The van der Waals surface area contributed by atoms with Crippen LogP contribution in [-0.2, 0) is 4.79 Å². The molecule has 3 aromatic rings. The minimum atomic E-state index is -0.344. The summed E-state index contributed by atoms with van der Waals surface area (Å²) in [5.41, 5.74) is 3.26. The molecule has 1 aromatic heterocycles. The summed E-state index contributed by atoms with van der Waals surface area (Å²) in [4.78, 5) is 17.5. The van der Waals surface area contributed by atoms with Gasteiger partial charge in [-0.15, -0.1) is 0 Å². The van der Waals surface area contributed by atoms with Crippen LogP contribution in [0.4, 0.5) is 5.95 Å². The van der Waals surface area contributed by atoms with Gasteiger partial charge in [0.1, 0.15) is 18.1 Å². The predicted molar refractivity (Wildman–Crippen MR) is 105 cm³/mol. The first-order chi connectivity index (χ1) is 13.6. The molecule has 1 aliphatic carbocycles. The van der Waals surface area contributed by atoms with Crippen LogP contribution < -0.4 is 5.32 Å². The van der Waals surface area contributed by atoms with Gasteiger partial charge in [0, 0.05) is 28.6 Å². The molecule has 0 radical (unpaired) electrons. The molecule has 140 valence electrons. The Morgan fingerprint density at radius 2 is 1.89 bits per heavy atom. The number of carbonyl (C=O) groups excluding carboxylic acids is 1. The van der Waals surface area contributed by atoms with Gasteiger partial charge in [-0.1, -0.05) is 41.9 Å². The molecule has 0 fully saturated rings. The van der Waals surface area contributed by atoms with Gasteiger partial charge in [-0.2, -0.15) is 10.1 Å². The highest BCUT2D eigenvalue weighted by molar-refractivity contribution is 6.30. The van der Waals surface area contributed by atoms with E-state index >= 15 is 0 Å². The lowest BCUT2D eigenvalue weighted by atomic mass is 9.77. The van der Waals surface area contributed by atoms with E-state index in [2.05, 4.69) is 15.4 Å². The molecule has 0 saturated carbocycles. The van der Waals surface area contributed by atoms with E-state index in [0.717, 1.165) is 16.8 Å². The zero-order valence-electron chi connectivity index (χ0n) is 14.8. The maximum absolute atomic E-state index is 13.2. The summed E-state index contributed by atoms with van der Waals surface area (Å²) in [6.07, 6.45) is 2.44. The summed E-state index contributed by atoms with van der Waals surface area (Å²) in [6, 6.07) is 14.3. The number of hydrogen-bond acceptors (Lipinski definition) is 5. The number of carbonyl (C=O) groups is 1. The van der Waals surface area contributed by atoms with E-state index in [0.29, 0.717) is 29.4 Å². The van der Waals surface area contributed by atoms with Crippen LogP contribution in [0, 0.1) is 0 Å². The van der Waals surface area contributed by atoms with Crippen molar-refractivity contribution in [3.05, 3.63) is 82.3 Å². The van der Waals surface area contributed by atoms with Crippen LogP contribution in [0.15, 0.2) is 66.1 Å². The van der Waals surface area contributed by atoms with E-state index in [1.807, 2.05) is 36.4 Å². The van der Waals surface area contributed by atoms with E-state index in [1.54, 1.807) is 16.8 Å². The maximum atomic E-state index is 13.2. The van der Waals surface area contributed by atoms with E-state index < -0.39 is 0 Å². The van der Waals surface area contributed by atoms with E-state index in [9.17, 15) is 9.90 Å². The Balaban J connectivity index is 1.61. The number of benzene rings is 2. The van der Waals surface area contributed by atoms with Crippen molar-refractivity contribution in [3.63, 3.8) is 0 Å². The fourth-order valence-electron chi connectivity index (χ4n) is 4.16. The summed E-state index contributed by atoms with van der Waals surface area (Å²) in [6.45, 7) is 0. The Labute approximate surface area is 166 Å². The molecule has 2 heterocycles. The second-order valence-electron chi connectivity index (χ2n) is 7.09. The zero-order chi connectivity index (χ0) is 19.3. The van der Waals surface area contributed by atoms with Gasteiger partial charge < -0.3 is 10.4 Å². The maximum Gasteiger partial charge on any atom is 0.226 e. The number of fused-ring (bicyclic) bond motifs is 1. The first-order valence-electron chi connectivity index (χ1n) is 9.08. The number of phenols is 1. The Hall–Kier alpha value is -3.12. The summed E-state index contributed by atoms with van der Waals surface area (Å²) in [7, 11) is 0. The highest BCUT2D eigenvalue weighted by atomic mass is 35.5. The quantitative estimate of drug-likeness (QED) is 0.687. The second kappa shape index (κ2) is 6.49. The molecule has 6 nitrogen and oxygen atoms in total. The lowest BCUT2D eigenvalue weighted by molar-refractivity contribution is -0.116. The molecule has 0 unspecified atom stereocenters. The molecule has 2 atom stereocenters. The number of aromatic nitrogens is 3. The Morgan fingerprint density at radius 3 is 2.68 bits per heavy atom. The van der Waals surface area contributed by atoms with Crippen molar-refractivity contribution in [2.75, 3.05) is 5.32 Å². The Bertz CT molecular complexity index is 1100. The third-order valence-electron chi connectivity index (χ3n) is 5.42. The molecule has 28 heavy (non-hydrogen) atoms.